The minimum atomic E-state index is -4.17. The Labute approximate surface area is 76.5 Å². The Kier molecular flexibility index (Phi) is 4.70. The van der Waals surface area contributed by atoms with Gasteiger partial charge >= 0.3 is 6.18 Å². The minimum Gasteiger partial charge on any atom is -0.330 e. The maximum absolute atomic E-state index is 12.1. The third-order valence-corrected chi connectivity index (χ3v) is 2.22. The molecule has 0 heterocycles. The molecule has 0 spiro atoms. The molecule has 0 bridgehead atoms. The Bertz CT molecular complexity index is 141. The van der Waals surface area contributed by atoms with Crippen molar-refractivity contribution in [3.05, 3.63) is 0 Å². The second kappa shape index (κ2) is 4.81. The van der Waals surface area contributed by atoms with Crippen LogP contribution in [-0.4, -0.2) is 19.3 Å². The summed E-state index contributed by atoms with van der Waals surface area (Å²) < 4.78 is 36.4. The zero-order valence-corrected chi connectivity index (χ0v) is 7.82. The average molecular weight is 198 g/mol. The number of halogens is 3. The SMILES string of the molecule is CCCC(CN)(CN)CC(F)(F)F. The van der Waals surface area contributed by atoms with E-state index in [4.69, 9.17) is 11.5 Å². The maximum Gasteiger partial charge on any atom is 0.389 e. The van der Waals surface area contributed by atoms with Crippen molar-refractivity contribution in [1.29, 1.82) is 0 Å². The van der Waals surface area contributed by atoms with Gasteiger partial charge in [-0.15, -0.1) is 0 Å². The maximum atomic E-state index is 12.1. The van der Waals surface area contributed by atoms with Crippen LogP contribution in [0.15, 0.2) is 0 Å². The lowest BCUT2D eigenvalue weighted by atomic mass is 9.80. The summed E-state index contributed by atoms with van der Waals surface area (Å²) in [7, 11) is 0. The number of rotatable bonds is 5. The molecule has 0 aliphatic rings. The highest BCUT2D eigenvalue weighted by atomic mass is 19.4. The van der Waals surface area contributed by atoms with Gasteiger partial charge < -0.3 is 11.5 Å². The van der Waals surface area contributed by atoms with Crippen LogP contribution in [0.3, 0.4) is 0 Å². The second-order valence-electron chi connectivity index (χ2n) is 3.45. The van der Waals surface area contributed by atoms with Crippen LogP contribution in [0.4, 0.5) is 13.2 Å². The van der Waals surface area contributed by atoms with E-state index in [0.29, 0.717) is 12.8 Å². The third-order valence-electron chi connectivity index (χ3n) is 2.22. The van der Waals surface area contributed by atoms with Crippen LogP contribution < -0.4 is 11.5 Å². The monoisotopic (exact) mass is 198 g/mol. The van der Waals surface area contributed by atoms with Crippen LogP contribution >= 0.6 is 0 Å². The molecule has 0 unspecified atom stereocenters. The molecule has 0 saturated carbocycles. The number of hydrogen-bond donors (Lipinski definition) is 2. The summed E-state index contributed by atoms with van der Waals surface area (Å²) in [6.07, 6.45) is -3.95. The third kappa shape index (κ3) is 4.47. The molecule has 0 rings (SSSR count). The lowest BCUT2D eigenvalue weighted by Crippen LogP contribution is -2.41. The minimum absolute atomic E-state index is 0.00313. The van der Waals surface area contributed by atoms with Gasteiger partial charge in [0, 0.05) is 5.41 Å². The molecular formula is C8H17F3N2. The number of nitrogens with two attached hydrogens (primary N) is 2. The van der Waals surface area contributed by atoms with E-state index in [1.807, 2.05) is 6.92 Å². The fourth-order valence-corrected chi connectivity index (χ4v) is 1.48. The van der Waals surface area contributed by atoms with Gasteiger partial charge in [0.2, 0.25) is 0 Å². The lowest BCUT2D eigenvalue weighted by molar-refractivity contribution is -0.157. The van der Waals surface area contributed by atoms with E-state index >= 15 is 0 Å². The molecule has 2 nitrogen and oxygen atoms in total. The zero-order chi connectivity index (χ0) is 10.5. The zero-order valence-electron chi connectivity index (χ0n) is 7.82. The Morgan fingerprint density at radius 1 is 1.08 bits per heavy atom. The highest BCUT2D eigenvalue weighted by molar-refractivity contribution is 4.83. The highest BCUT2D eigenvalue weighted by Crippen LogP contribution is 2.35. The van der Waals surface area contributed by atoms with Crippen LogP contribution in [0.5, 0.6) is 0 Å². The van der Waals surface area contributed by atoms with E-state index in [1.165, 1.54) is 0 Å². The van der Waals surface area contributed by atoms with Crippen LogP contribution in [0.25, 0.3) is 0 Å². The van der Waals surface area contributed by atoms with Crippen molar-refractivity contribution in [3.8, 4) is 0 Å². The van der Waals surface area contributed by atoms with Crippen molar-refractivity contribution < 1.29 is 13.2 Å². The van der Waals surface area contributed by atoms with Gasteiger partial charge in [-0.2, -0.15) is 13.2 Å². The normalized spacial score (nSPS) is 13.4. The molecule has 0 amide bonds. The Balaban J connectivity index is 4.38. The summed E-state index contributed by atoms with van der Waals surface area (Å²) in [5.74, 6) is 0. The number of hydrogen-bond acceptors (Lipinski definition) is 2. The molecule has 0 radical (unpaired) electrons. The molecule has 0 aliphatic carbocycles. The van der Waals surface area contributed by atoms with E-state index < -0.39 is 18.0 Å². The van der Waals surface area contributed by atoms with Crippen molar-refractivity contribution in [2.75, 3.05) is 13.1 Å². The standard InChI is InChI=1S/C8H17F3N2/c1-2-3-7(5-12,6-13)4-8(9,10)11/h2-6,12-13H2,1H3. The summed E-state index contributed by atoms with van der Waals surface area (Å²) in [5, 5.41) is 0. The van der Waals surface area contributed by atoms with E-state index in [0.717, 1.165) is 0 Å². The van der Waals surface area contributed by atoms with Crippen molar-refractivity contribution in [2.24, 2.45) is 16.9 Å². The van der Waals surface area contributed by atoms with Gasteiger partial charge in [-0.1, -0.05) is 13.3 Å². The van der Waals surface area contributed by atoms with Gasteiger partial charge in [-0.05, 0) is 19.5 Å². The topological polar surface area (TPSA) is 52.0 Å². The summed E-state index contributed by atoms with van der Waals surface area (Å²) >= 11 is 0. The van der Waals surface area contributed by atoms with Crippen molar-refractivity contribution in [1.82, 2.24) is 0 Å². The molecular weight excluding hydrogens is 181 g/mol. The van der Waals surface area contributed by atoms with Gasteiger partial charge in [0.15, 0.2) is 0 Å². The molecule has 0 aromatic carbocycles. The van der Waals surface area contributed by atoms with Crippen molar-refractivity contribution in [3.63, 3.8) is 0 Å². The fraction of sp³-hybridized carbons (Fsp3) is 1.00. The Morgan fingerprint density at radius 3 is 1.77 bits per heavy atom. The molecule has 0 aromatic rings. The fourth-order valence-electron chi connectivity index (χ4n) is 1.48. The summed E-state index contributed by atoms with van der Waals surface area (Å²) in [4.78, 5) is 0. The predicted octanol–water partition coefficient (Wildman–Crippen LogP) is 1.64. The molecule has 0 atom stereocenters. The van der Waals surface area contributed by atoms with E-state index in [9.17, 15) is 13.2 Å². The van der Waals surface area contributed by atoms with E-state index in [1.54, 1.807) is 0 Å². The first-order chi connectivity index (χ1) is 5.89. The highest BCUT2D eigenvalue weighted by Gasteiger charge is 2.40. The quantitative estimate of drug-likeness (QED) is 0.705. The molecule has 80 valence electrons. The Morgan fingerprint density at radius 2 is 1.54 bits per heavy atom. The molecule has 13 heavy (non-hydrogen) atoms. The second-order valence-corrected chi connectivity index (χ2v) is 3.45. The molecule has 5 heteroatoms. The first-order valence-corrected chi connectivity index (χ1v) is 4.36. The van der Waals surface area contributed by atoms with Crippen LogP contribution in [0, 0.1) is 5.41 Å². The molecule has 0 fully saturated rings. The van der Waals surface area contributed by atoms with Gasteiger partial charge in [0.05, 0.1) is 6.42 Å². The Hall–Kier alpha value is -0.290. The summed E-state index contributed by atoms with van der Waals surface area (Å²) in [6.45, 7) is 1.82. The van der Waals surface area contributed by atoms with E-state index in [-0.39, 0.29) is 13.1 Å². The lowest BCUT2D eigenvalue weighted by Gasteiger charge is -2.31. The van der Waals surface area contributed by atoms with Crippen LogP contribution in [0.2, 0.25) is 0 Å². The smallest absolute Gasteiger partial charge is 0.330 e. The molecule has 0 aliphatic heterocycles. The van der Waals surface area contributed by atoms with Crippen LogP contribution in [0.1, 0.15) is 26.2 Å². The first kappa shape index (κ1) is 12.7. The summed E-state index contributed by atoms with van der Waals surface area (Å²) in [6, 6.07) is 0. The van der Waals surface area contributed by atoms with Gasteiger partial charge in [-0.25, -0.2) is 0 Å². The van der Waals surface area contributed by atoms with Crippen molar-refractivity contribution in [2.45, 2.75) is 32.4 Å². The van der Waals surface area contributed by atoms with Gasteiger partial charge in [0.1, 0.15) is 0 Å². The first-order valence-electron chi connectivity index (χ1n) is 4.36. The van der Waals surface area contributed by atoms with Gasteiger partial charge in [0.25, 0.3) is 0 Å². The van der Waals surface area contributed by atoms with Gasteiger partial charge in [-0.3, -0.25) is 0 Å². The largest absolute Gasteiger partial charge is 0.389 e. The molecule has 0 saturated heterocycles. The van der Waals surface area contributed by atoms with Crippen LogP contribution in [-0.2, 0) is 0 Å². The molecule has 0 aromatic heterocycles. The summed E-state index contributed by atoms with van der Waals surface area (Å²) in [5.41, 5.74) is 9.71. The van der Waals surface area contributed by atoms with Crippen molar-refractivity contribution >= 4 is 0 Å². The van der Waals surface area contributed by atoms with E-state index in [2.05, 4.69) is 0 Å². The number of alkyl halides is 3. The predicted molar refractivity (Wildman–Crippen MR) is 46.1 cm³/mol. The average Bonchev–Trinajstić information content (AvgIpc) is 2.01. The molecule has 4 N–H and O–H groups in total.